The number of aliphatic hydroxyl groups is 1. The average molecular weight is 383 g/mol. The average Bonchev–Trinajstić information content (AvgIpc) is 3.16. The molecule has 0 spiro atoms. The summed E-state index contributed by atoms with van der Waals surface area (Å²) < 4.78 is 21.3. The second kappa shape index (κ2) is 10.00. The maximum atomic E-state index is 10.3. The molecule has 0 saturated heterocycles. The van der Waals surface area contributed by atoms with Crippen LogP contribution < -0.4 is 14.2 Å². The van der Waals surface area contributed by atoms with E-state index in [1.54, 1.807) is 7.11 Å². The first-order chi connectivity index (χ1) is 13.7. The first-order valence-corrected chi connectivity index (χ1v) is 9.11. The van der Waals surface area contributed by atoms with Gasteiger partial charge in [0.25, 0.3) is 0 Å². The van der Waals surface area contributed by atoms with Crippen molar-refractivity contribution in [3.63, 3.8) is 0 Å². The van der Waals surface area contributed by atoms with E-state index in [-0.39, 0.29) is 20.0 Å². The molecule has 3 rings (SSSR count). The lowest BCUT2D eigenvalue weighted by atomic mass is 10.1. The van der Waals surface area contributed by atoms with Crippen LogP contribution >= 0.6 is 0 Å². The van der Waals surface area contributed by atoms with Gasteiger partial charge < -0.3 is 24.1 Å². The van der Waals surface area contributed by atoms with Crippen molar-refractivity contribution >= 4 is 0 Å². The number of methoxy groups -OCH3 is 1. The van der Waals surface area contributed by atoms with Gasteiger partial charge in [-0.2, -0.15) is 0 Å². The molecule has 0 amide bonds. The number of hydrogen-bond acceptors (Lipinski definition) is 6. The minimum atomic E-state index is -0.638. The fraction of sp³-hybridized carbons (Fsp3) is 0.364. The Morgan fingerprint density at radius 1 is 1.11 bits per heavy atom. The summed E-state index contributed by atoms with van der Waals surface area (Å²) in [4.78, 5) is 2.16. The molecule has 1 aliphatic heterocycles. The molecule has 6 heteroatoms. The molecule has 1 aliphatic rings. The van der Waals surface area contributed by atoms with Crippen LogP contribution in [0.25, 0.3) is 0 Å². The van der Waals surface area contributed by atoms with E-state index in [0.717, 1.165) is 28.4 Å². The van der Waals surface area contributed by atoms with Gasteiger partial charge in [0.05, 0.1) is 19.8 Å². The van der Waals surface area contributed by atoms with Crippen molar-refractivity contribution in [2.24, 2.45) is 0 Å². The summed E-state index contributed by atoms with van der Waals surface area (Å²) >= 11 is 0. The standard InChI is InChI=1S/C22H25NO5/c1-3-10-26-15-19(24)14-23(12-17-4-7-20(25-2)8-5-17)13-18-6-9-21-22(11-18)28-16-27-21/h1,4-9,11,19,24H,10,12-16H2,2H3/t19-/m1/s1. The van der Waals surface area contributed by atoms with Crippen LogP contribution in [0.2, 0.25) is 0 Å². The molecule has 1 heterocycles. The quantitative estimate of drug-likeness (QED) is 0.502. The molecule has 6 nitrogen and oxygen atoms in total. The molecular formula is C22H25NO5. The molecule has 28 heavy (non-hydrogen) atoms. The molecule has 1 N–H and O–H groups in total. The van der Waals surface area contributed by atoms with Crippen LogP contribution in [0.3, 0.4) is 0 Å². The summed E-state index contributed by atoms with van der Waals surface area (Å²) in [7, 11) is 1.65. The lowest BCUT2D eigenvalue weighted by Crippen LogP contribution is -2.34. The summed E-state index contributed by atoms with van der Waals surface area (Å²) in [5.74, 6) is 4.73. The van der Waals surface area contributed by atoms with Gasteiger partial charge in [0.15, 0.2) is 11.5 Å². The van der Waals surface area contributed by atoms with E-state index in [0.29, 0.717) is 19.6 Å². The number of fused-ring (bicyclic) bond motifs is 1. The van der Waals surface area contributed by atoms with Crippen molar-refractivity contribution in [3.8, 4) is 29.6 Å². The lowest BCUT2D eigenvalue weighted by Gasteiger charge is -2.25. The highest BCUT2D eigenvalue weighted by atomic mass is 16.7. The SMILES string of the molecule is C#CCOC[C@H](O)CN(Cc1ccc(OC)cc1)Cc1ccc2c(c1)OCO2. The molecule has 1 atom stereocenters. The molecular weight excluding hydrogens is 358 g/mol. The van der Waals surface area contributed by atoms with Crippen LogP contribution in [0.4, 0.5) is 0 Å². The Morgan fingerprint density at radius 2 is 1.82 bits per heavy atom. The third-order valence-electron chi connectivity index (χ3n) is 4.37. The molecule has 0 aromatic heterocycles. The largest absolute Gasteiger partial charge is 0.497 e. The van der Waals surface area contributed by atoms with E-state index >= 15 is 0 Å². The van der Waals surface area contributed by atoms with Crippen LogP contribution in [0.15, 0.2) is 42.5 Å². The topological polar surface area (TPSA) is 60.4 Å². The van der Waals surface area contributed by atoms with Gasteiger partial charge in [-0.3, -0.25) is 4.90 Å². The Bertz CT molecular complexity index is 800. The number of rotatable bonds is 10. The van der Waals surface area contributed by atoms with Crippen molar-refractivity contribution in [1.29, 1.82) is 0 Å². The lowest BCUT2D eigenvalue weighted by molar-refractivity contribution is 0.0243. The Hall–Kier alpha value is -2.72. The van der Waals surface area contributed by atoms with Gasteiger partial charge in [-0.15, -0.1) is 6.42 Å². The monoisotopic (exact) mass is 383 g/mol. The van der Waals surface area contributed by atoms with Gasteiger partial charge in [-0.05, 0) is 35.4 Å². The highest BCUT2D eigenvalue weighted by Gasteiger charge is 2.17. The van der Waals surface area contributed by atoms with Gasteiger partial charge in [-0.1, -0.05) is 24.1 Å². The Labute approximate surface area is 165 Å². The number of aliphatic hydroxyl groups excluding tert-OH is 1. The molecule has 0 saturated carbocycles. The fourth-order valence-corrected chi connectivity index (χ4v) is 3.08. The predicted octanol–water partition coefficient (Wildman–Crippen LogP) is 2.44. The van der Waals surface area contributed by atoms with Crippen LogP contribution in [-0.2, 0) is 17.8 Å². The van der Waals surface area contributed by atoms with E-state index in [2.05, 4.69) is 10.8 Å². The van der Waals surface area contributed by atoms with E-state index in [1.165, 1.54) is 0 Å². The second-order valence-corrected chi connectivity index (χ2v) is 6.58. The Kier molecular flexibility index (Phi) is 7.15. The summed E-state index contributed by atoms with van der Waals surface area (Å²) in [5, 5.41) is 10.3. The second-order valence-electron chi connectivity index (χ2n) is 6.58. The van der Waals surface area contributed by atoms with E-state index in [9.17, 15) is 5.11 Å². The molecule has 0 aliphatic carbocycles. The molecule has 0 bridgehead atoms. The first-order valence-electron chi connectivity index (χ1n) is 9.11. The van der Waals surface area contributed by atoms with Crippen LogP contribution in [0, 0.1) is 12.3 Å². The maximum absolute atomic E-state index is 10.3. The minimum Gasteiger partial charge on any atom is -0.497 e. The molecule has 0 fully saturated rings. The van der Waals surface area contributed by atoms with Crippen molar-refractivity contribution in [3.05, 3.63) is 53.6 Å². The highest BCUT2D eigenvalue weighted by Crippen LogP contribution is 2.33. The summed E-state index contributed by atoms with van der Waals surface area (Å²) in [5.41, 5.74) is 2.20. The van der Waals surface area contributed by atoms with Gasteiger partial charge in [0.1, 0.15) is 12.4 Å². The van der Waals surface area contributed by atoms with Gasteiger partial charge in [0.2, 0.25) is 6.79 Å². The Balaban J connectivity index is 1.68. The van der Waals surface area contributed by atoms with E-state index < -0.39 is 6.10 Å². The van der Waals surface area contributed by atoms with Gasteiger partial charge in [0, 0.05) is 19.6 Å². The normalized spacial score (nSPS) is 13.4. The number of ether oxygens (including phenoxy) is 4. The number of nitrogens with zero attached hydrogens (tertiary/aromatic N) is 1. The van der Waals surface area contributed by atoms with Crippen LogP contribution in [-0.4, -0.2) is 49.8 Å². The summed E-state index contributed by atoms with van der Waals surface area (Å²) in [6.45, 7) is 2.41. The maximum Gasteiger partial charge on any atom is 0.231 e. The van der Waals surface area contributed by atoms with E-state index in [4.69, 9.17) is 25.4 Å². The predicted molar refractivity (Wildman–Crippen MR) is 105 cm³/mol. The minimum absolute atomic E-state index is 0.192. The van der Waals surface area contributed by atoms with Crippen LogP contribution in [0.5, 0.6) is 17.2 Å². The van der Waals surface area contributed by atoms with Crippen molar-refractivity contribution in [1.82, 2.24) is 4.90 Å². The zero-order chi connectivity index (χ0) is 19.8. The highest BCUT2D eigenvalue weighted by molar-refractivity contribution is 5.44. The molecule has 2 aromatic rings. The van der Waals surface area contributed by atoms with Crippen molar-refractivity contribution in [2.45, 2.75) is 19.2 Å². The zero-order valence-electron chi connectivity index (χ0n) is 16.0. The van der Waals surface area contributed by atoms with Crippen molar-refractivity contribution in [2.75, 3.05) is 33.7 Å². The van der Waals surface area contributed by atoms with Crippen molar-refractivity contribution < 1.29 is 24.1 Å². The zero-order valence-corrected chi connectivity index (χ0v) is 16.0. The number of terminal acetylenes is 1. The van der Waals surface area contributed by atoms with E-state index in [1.807, 2.05) is 42.5 Å². The Morgan fingerprint density at radius 3 is 2.57 bits per heavy atom. The van der Waals surface area contributed by atoms with Gasteiger partial charge >= 0.3 is 0 Å². The summed E-state index contributed by atoms with van der Waals surface area (Å²) in [6, 6.07) is 13.8. The molecule has 148 valence electrons. The molecule has 0 unspecified atom stereocenters. The third kappa shape index (κ3) is 5.64. The molecule has 2 aromatic carbocycles. The molecule has 0 radical (unpaired) electrons. The fourth-order valence-electron chi connectivity index (χ4n) is 3.08. The number of hydrogen-bond donors (Lipinski definition) is 1. The van der Waals surface area contributed by atoms with Gasteiger partial charge in [-0.25, -0.2) is 0 Å². The van der Waals surface area contributed by atoms with Crippen LogP contribution in [0.1, 0.15) is 11.1 Å². The smallest absolute Gasteiger partial charge is 0.231 e. The summed E-state index contributed by atoms with van der Waals surface area (Å²) in [6.07, 6.45) is 4.55. The third-order valence-corrected chi connectivity index (χ3v) is 4.37. The first kappa shape index (κ1) is 20.0. The number of benzene rings is 2.